The van der Waals surface area contributed by atoms with Crippen LogP contribution in [-0.2, 0) is 4.79 Å². The number of amides is 2. The molecule has 4 heterocycles. The van der Waals surface area contributed by atoms with Gasteiger partial charge >= 0.3 is 0 Å². The first-order valence-electron chi connectivity index (χ1n) is 11.3. The summed E-state index contributed by atoms with van der Waals surface area (Å²) in [6.45, 7) is 2.67. The maximum absolute atomic E-state index is 13.2. The number of aromatic nitrogens is 3. The summed E-state index contributed by atoms with van der Waals surface area (Å²) in [5.74, 6) is 0.156. The van der Waals surface area contributed by atoms with Gasteiger partial charge in [-0.2, -0.15) is 4.98 Å². The lowest BCUT2D eigenvalue weighted by Crippen LogP contribution is -2.32. The van der Waals surface area contributed by atoms with Crippen molar-refractivity contribution in [2.45, 2.75) is 25.1 Å². The minimum absolute atomic E-state index is 0.0217. The number of anilines is 2. The van der Waals surface area contributed by atoms with Crippen molar-refractivity contribution in [3.63, 3.8) is 0 Å². The maximum atomic E-state index is 13.2. The van der Waals surface area contributed by atoms with Crippen LogP contribution in [0.2, 0.25) is 5.02 Å². The molecular formula is C23H27ClFN7O3. The number of likely N-dealkylation sites (tertiary alicyclic amines) is 2. The van der Waals surface area contributed by atoms with Crippen LogP contribution < -0.4 is 15.4 Å². The van der Waals surface area contributed by atoms with Crippen LogP contribution in [0.25, 0.3) is 0 Å². The Morgan fingerprint density at radius 1 is 1.23 bits per heavy atom. The Labute approximate surface area is 207 Å². The molecule has 2 aromatic rings. The van der Waals surface area contributed by atoms with Gasteiger partial charge < -0.3 is 20.3 Å². The van der Waals surface area contributed by atoms with E-state index < -0.39 is 6.17 Å². The summed E-state index contributed by atoms with van der Waals surface area (Å²) in [4.78, 5) is 41.2. The molecule has 0 aromatic carbocycles. The van der Waals surface area contributed by atoms with E-state index in [2.05, 4.69) is 25.6 Å². The van der Waals surface area contributed by atoms with Crippen LogP contribution in [0.3, 0.4) is 0 Å². The molecule has 0 bridgehead atoms. The number of nitrogens with one attached hydrogen (secondary N) is 2. The fourth-order valence-corrected chi connectivity index (χ4v) is 4.18. The lowest BCUT2D eigenvalue weighted by molar-refractivity contribution is -0.111. The lowest BCUT2D eigenvalue weighted by atomic mass is 10.3. The SMILES string of the molecule is COc1nc(N[C@@H]2CCN(C(=O)c3ccc(NC(=O)/C=C/CN4CC[C@H](F)C4)cn3)C2)ncc1Cl. The van der Waals surface area contributed by atoms with Gasteiger partial charge in [0, 0.05) is 44.8 Å². The Balaban J connectivity index is 1.25. The molecule has 0 radical (unpaired) electrons. The Bertz CT molecular complexity index is 1090. The van der Waals surface area contributed by atoms with Gasteiger partial charge in [0.25, 0.3) is 5.91 Å². The number of carbonyl (C=O) groups is 2. The zero-order chi connectivity index (χ0) is 24.8. The van der Waals surface area contributed by atoms with Crippen molar-refractivity contribution in [2.75, 3.05) is 50.5 Å². The Kier molecular flexibility index (Phi) is 8.09. The molecule has 35 heavy (non-hydrogen) atoms. The molecule has 2 fully saturated rings. The topological polar surface area (TPSA) is 113 Å². The molecule has 2 N–H and O–H groups in total. The number of alkyl halides is 1. The third-order valence-corrected chi connectivity index (χ3v) is 6.07. The molecule has 10 nitrogen and oxygen atoms in total. The highest BCUT2D eigenvalue weighted by molar-refractivity contribution is 6.31. The van der Waals surface area contributed by atoms with E-state index in [1.165, 1.54) is 25.6 Å². The number of hydrogen-bond donors (Lipinski definition) is 2. The molecule has 2 amide bonds. The van der Waals surface area contributed by atoms with Crippen molar-refractivity contribution in [3.05, 3.63) is 47.4 Å². The first kappa shape index (κ1) is 24.8. The minimum atomic E-state index is -0.783. The van der Waals surface area contributed by atoms with Crippen LogP contribution in [0.15, 0.2) is 36.7 Å². The van der Waals surface area contributed by atoms with Gasteiger partial charge in [-0.15, -0.1) is 0 Å². The molecular weight excluding hydrogens is 477 g/mol. The lowest BCUT2D eigenvalue weighted by Gasteiger charge is -2.17. The highest BCUT2D eigenvalue weighted by Crippen LogP contribution is 2.23. The molecule has 0 saturated carbocycles. The number of ether oxygens (including phenoxy) is 1. The normalized spacial score (nSPS) is 20.4. The van der Waals surface area contributed by atoms with Crippen LogP contribution in [0.1, 0.15) is 23.3 Å². The molecule has 186 valence electrons. The first-order chi connectivity index (χ1) is 16.9. The van der Waals surface area contributed by atoms with Gasteiger partial charge in [-0.1, -0.05) is 17.7 Å². The van der Waals surface area contributed by atoms with Gasteiger partial charge in [-0.25, -0.2) is 14.4 Å². The van der Waals surface area contributed by atoms with Crippen molar-refractivity contribution < 1.29 is 18.7 Å². The Hall–Kier alpha value is -3.31. The summed E-state index contributed by atoms with van der Waals surface area (Å²) in [7, 11) is 1.48. The third kappa shape index (κ3) is 6.64. The van der Waals surface area contributed by atoms with Gasteiger partial charge in [0.1, 0.15) is 16.9 Å². The molecule has 4 rings (SSSR count). The fourth-order valence-electron chi connectivity index (χ4n) is 4.01. The van der Waals surface area contributed by atoms with Gasteiger partial charge in [0.05, 0.1) is 25.2 Å². The summed E-state index contributed by atoms with van der Waals surface area (Å²) >= 11 is 5.96. The second-order valence-corrected chi connectivity index (χ2v) is 8.81. The van der Waals surface area contributed by atoms with E-state index in [0.717, 1.165) is 6.42 Å². The van der Waals surface area contributed by atoms with Crippen molar-refractivity contribution in [1.29, 1.82) is 0 Å². The predicted molar refractivity (Wildman–Crippen MR) is 129 cm³/mol. The van der Waals surface area contributed by atoms with Crippen LogP contribution in [0.4, 0.5) is 16.0 Å². The van der Waals surface area contributed by atoms with E-state index in [1.807, 2.05) is 4.90 Å². The molecule has 2 aliphatic heterocycles. The smallest absolute Gasteiger partial charge is 0.272 e. The third-order valence-electron chi connectivity index (χ3n) is 5.81. The van der Waals surface area contributed by atoms with E-state index in [-0.39, 0.29) is 23.7 Å². The summed E-state index contributed by atoms with van der Waals surface area (Å²) < 4.78 is 18.3. The molecule has 2 saturated heterocycles. The summed E-state index contributed by atoms with van der Waals surface area (Å²) in [5, 5.41) is 6.23. The zero-order valence-electron chi connectivity index (χ0n) is 19.3. The number of pyridine rings is 1. The number of carbonyl (C=O) groups excluding carboxylic acids is 2. The first-order valence-corrected chi connectivity index (χ1v) is 11.7. The number of nitrogens with zero attached hydrogens (tertiary/aromatic N) is 5. The highest BCUT2D eigenvalue weighted by atomic mass is 35.5. The standard InChI is InChI=1S/C23H27ClFN7O3/c1-35-21-18(24)12-27-23(30-21)29-17-7-10-32(14-17)22(34)19-5-4-16(11-26-19)28-20(33)3-2-8-31-9-6-15(25)13-31/h2-5,11-12,15,17H,6-10,13-14H2,1H3,(H,28,33)(H,27,29,30)/b3-2+/t15-,17+/m0/s1. The van der Waals surface area contributed by atoms with Gasteiger partial charge in [-0.05, 0) is 25.0 Å². The summed E-state index contributed by atoms with van der Waals surface area (Å²) in [5.41, 5.74) is 0.773. The van der Waals surface area contributed by atoms with Crippen LogP contribution >= 0.6 is 11.6 Å². The molecule has 0 spiro atoms. The second-order valence-electron chi connectivity index (χ2n) is 8.40. The van der Waals surface area contributed by atoms with E-state index >= 15 is 0 Å². The van der Waals surface area contributed by atoms with Crippen molar-refractivity contribution in [1.82, 2.24) is 24.8 Å². The molecule has 0 unspecified atom stereocenters. The van der Waals surface area contributed by atoms with Gasteiger partial charge in [-0.3, -0.25) is 14.5 Å². The highest BCUT2D eigenvalue weighted by Gasteiger charge is 2.28. The van der Waals surface area contributed by atoms with Gasteiger partial charge in [0.15, 0.2) is 0 Å². The van der Waals surface area contributed by atoms with Crippen molar-refractivity contribution in [2.24, 2.45) is 0 Å². The largest absolute Gasteiger partial charge is 0.480 e. The van der Waals surface area contributed by atoms with Crippen molar-refractivity contribution >= 4 is 35.1 Å². The maximum Gasteiger partial charge on any atom is 0.272 e. The number of halogens is 2. The monoisotopic (exact) mass is 503 g/mol. The quantitative estimate of drug-likeness (QED) is 0.528. The average Bonchev–Trinajstić information content (AvgIpc) is 3.49. The Morgan fingerprint density at radius 2 is 2.09 bits per heavy atom. The fraction of sp³-hybridized carbons (Fsp3) is 0.435. The molecule has 0 aliphatic carbocycles. The minimum Gasteiger partial charge on any atom is -0.480 e. The zero-order valence-corrected chi connectivity index (χ0v) is 20.0. The molecule has 2 aliphatic rings. The number of methoxy groups -OCH3 is 1. The predicted octanol–water partition coefficient (Wildman–Crippen LogP) is 2.40. The Morgan fingerprint density at radius 3 is 2.80 bits per heavy atom. The van der Waals surface area contributed by atoms with E-state index in [9.17, 15) is 14.0 Å². The van der Waals surface area contributed by atoms with Crippen LogP contribution in [0.5, 0.6) is 5.88 Å². The van der Waals surface area contributed by atoms with E-state index in [1.54, 1.807) is 23.1 Å². The average molecular weight is 504 g/mol. The summed E-state index contributed by atoms with van der Waals surface area (Å²) in [6, 6.07) is 3.20. The number of rotatable bonds is 8. The van der Waals surface area contributed by atoms with Gasteiger partial charge in [0.2, 0.25) is 17.7 Å². The van der Waals surface area contributed by atoms with E-state index in [0.29, 0.717) is 61.5 Å². The summed E-state index contributed by atoms with van der Waals surface area (Å²) in [6.07, 6.45) is 6.52. The van der Waals surface area contributed by atoms with Crippen LogP contribution in [-0.4, -0.2) is 88.6 Å². The molecule has 12 heteroatoms. The van der Waals surface area contributed by atoms with E-state index in [4.69, 9.17) is 16.3 Å². The second kappa shape index (κ2) is 11.4. The number of hydrogen-bond acceptors (Lipinski definition) is 8. The molecule has 2 atom stereocenters. The van der Waals surface area contributed by atoms with Crippen molar-refractivity contribution in [3.8, 4) is 5.88 Å². The molecule has 2 aromatic heterocycles. The van der Waals surface area contributed by atoms with Crippen LogP contribution in [0, 0.1) is 0 Å².